The molecule has 1 fully saturated rings. The van der Waals surface area contributed by atoms with Crippen molar-refractivity contribution in [2.75, 3.05) is 44.8 Å². The van der Waals surface area contributed by atoms with E-state index in [0.29, 0.717) is 36.5 Å². The van der Waals surface area contributed by atoms with E-state index in [1.165, 1.54) is 5.56 Å². The second-order valence-corrected chi connectivity index (χ2v) is 13.4. The number of amides is 2. The fourth-order valence-electron chi connectivity index (χ4n) is 7.21. The van der Waals surface area contributed by atoms with Gasteiger partial charge < -0.3 is 14.4 Å². The minimum absolute atomic E-state index is 0.0126. The van der Waals surface area contributed by atoms with E-state index < -0.39 is 0 Å². The number of benzene rings is 3. The number of hydrogen-bond acceptors (Lipinski definition) is 6. The first-order valence-corrected chi connectivity index (χ1v) is 16.6. The molecule has 0 aromatic heterocycles. The van der Waals surface area contributed by atoms with Gasteiger partial charge in [-0.3, -0.25) is 14.5 Å². The van der Waals surface area contributed by atoms with Crippen LogP contribution in [0.2, 0.25) is 0 Å². The maximum atomic E-state index is 13.9. The lowest BCUT2D eigenvalue weighted by Gasteiger charge is -2.37. The Balaban J connectivity index is 1.08. The van der Waals surface area contributed by atoms with Crippen molar-refractivity contribution in [2.24, 2.45) is 16.9 Å². The van der Waals surface area contributed by atoms with Gasteiger partial charge >= 0.3 is 0 Å². The molecule has 3 aromatic carbocycles. The highest BCUT2D eigenvalue weighted by Gasteiger charge is 2.43. The number of ether oxygens (including phenoxy) is 2. The molecule has 2 amide bonds. The van der Waals surface area contributed by atoms with Crippen LogP contribution in [0, 0.1) is 11.8 Å². The number of fused-ring (bicyclic) bond motifs is 2. The summed E-state index contributed by atoms with van der Waals surface area (Å²) in [5.41, 5.74) is 5.09. The third kappa shape index (κ3) is 6.22. The number of carbonyl (C=O) groups is 2. The van der Waals surface area contributed by atoms with Crippen molar-refractivity contribution in [3.05, 3.63) is 107 Å². The quantitative estimate of drug-likeness (QED) is 0.290. The number of nitrogens with zero attached hydrogens (tertiary/aromatic N) is 4. The van der Waals surface area contributed by atoms with Gasteiger partial charge in [-0.1, -0.05) is 54.6 Å². The lowest BCUT2D eigenvalue weighted by Crippen LogP contribution is -2.48. The molecule has 0 unspecified atom stereocenters. The van der Waals surface area contributed by atoms with Crippen molar-refractivity contribution in [1.29, 1.82) is 0 Å². The molecule has 4 aliphatic rings. The SMILES string of the molecule is COc1ccc(C2=NN(c3ccc(C(=O)N4CCN(CC=Cc5ccccc5)CC4)cc3)C(=O)[C@@H]3CC=CC[C@H]23)c2c1OC(C)(C)C2. The average Bonchev–Trinajstić information content (AvgIpc) is 3.44. The summed E-state index contributed by atoms with van der Waals surface area (Å²) in [6, 6.07) is 21.6. The summed E-state index contributed by atoms with van der Waals surface area (Å²) in [4.78, 5) is 31.6. The Labute approximate surface area is 277 Å². The van der Waals surface area contributed by atoms with Crippen LogP contribution in [0.5, 0.6) is 11.5 Å². The molecule has 0 saturated carbocycles. The molecular weight excluding hydrogens is 588 g/mol. The summed E-state index contributed by atoms with van der Waals surface area (Å²) in [7, 11) is 1.66. The topological polar surface area (TPSA) is 74.7 Å². The van der Waals surface area contributed by atoms with Gasteiger partial charge in [0.05, 0.1) is 24.4 Å². The highest BCUT2D eigenvalue weighted by Crippen LogP contribution is 2.46. The molecule has 2 atom stereocenters. The molecule has 1 saturated heterocycles. The fourth-order valence-corrected chi connectivity index (χ4v) is 7.21. The normalized spacial score (nSPS) is 22.1. The summed E-state index contributed by atoms with van der Waals surface area (Å²) in [5.74, 6) is 1.25. The Hall–Kier alpha value is -4.69. The number of hydrogen-bond donors (Lipinski definition) is 0. The Morgan fingerprint density at radius 3 is 2.40 bits per heavy atom. The van der Waals surface area contributed by atoms with Gasteiger partial charge in [0, 0.05) is 61.8 Å². The van der Waals surface area contributed by atoms with Gasteiger partial charge in [-0.2, -0.15) is 5.10 Å². The molecule has 3 aromatic rings. The number of piperazine rings is 1. The predicted octanol–water partition coefficient (Wildman–Crippen LogP) is 6.21. The van der Waals surface area contributed by atoms with Gasteiger partial charge in [-0.05, 0) is 68.7 Å². The molecule has 1 aliphatic carbocycles. The fraction of sp³-hybridized carbons (Fsp3) is 0.359. The van der Waals surface area contributed by atoms with Crippen LogP contribution in [0.25, 0.3) is 6.08 Å². The zero-order chi connectivity index (χ0) is 32.5. The van der Waals surface area contributed by atoms with Crippen LogP contribution >= 0.6 is 0 Å². The van der Waals surface area contributed by atoms with E-state index in [1.807, 2.05) is 53.4 Å². The second kappa shape index (κ2) is 12.8. The third-order valence-corrected chi connectivity index (χ3v) is 9.71. The van der Waals surface area contributed by atoms with Crippen LogP contribution < -0.4 is 14.5 Å². The summed E-state index contributed by atoms with van der Waals surface area (Å²) >= 11 is 0. The predicted molar refractivity (Wildman–Crippen MR) is 185 cm³/mol. The number of anilines is 1. The van der Waals surface area contributed by atoms with E-state index in [4.69, 9.17) is 14.6 Å². The molecule has 0 spiro atoms. The third-order valence-electron chi connectivity index (χ3n) is 9.71. The Morgan fingerprint density at radius 1 is 0.957 bits per heavy atom. The van der Waals surface area contributed by atoms with Crippen molar-refractivity contribution in [2.45, 2.75) is 38.7 Å². The van der Waals surface area contributed by atoms with Crippen LogP contribution in [0.3, 0.4) is 0 Å². The molecule has 242 valence electrons. The average molecular weight is 631 g/mol. The smallest absolute Gasteiger partial charge is 0.253 e. The van der Waals surface area contributed by atoms with E-state index in [2.05, 4.69) is 61.3 Å². The molecule has 8 nitrogen and oxygen atoms in total. The summed E-state index contributed by atoms with van der Waals surface area (Å²) < 4.78 is 12.0. The van der Waals surface area contributed by atoms with Gasteiger partial charge in [0.25, 0.3) is 11.8 Å². The minimum atomic E-state index is -0.364. The summed E-state index contributed by atoms with van der Waals surface area (Å²) in [5, 5.41) is 6.59. The second-order valence-electron chi connectivity index (χ2n) is 13.4. The van der Waals surface area contributed by atoms with Gasteiger partial charge in [0.1, 0.15) is 5.60 Å². The monoisotopic (exact) mass is 630 g/mol. The van der Waals surface area contributed by atoms with E-state index >= 15 is 0 Å². The zero-order valence-corrected chi connectivity index (χ0v) is 27.4. The first kappa shape index (κ1) is 30.9. The molecule has 0 radical (unpaired) electrons. The van der Waals surface area contributed by atoms with Gasteiger partial charge in [0.2, 0.25) is 0 Å². The van der Waals surface area contributed by atoms with Gasteiger partial charge in [-0.25, -0.2) is 5.01 Å². The van der Waals surface area contributed by atoms with Crippen LogP contribution in [-0.4, -0.2) is 72.8 Å². The van der Waals surface area contributed by atoms with E-state index in [9.17, 15) is 9.59 Å². The number of carbonyl (C=O) groups excluding carboxylic acids is 2. The van der Waals surface area contributed by atoms with Crippen molar-refractivity contribution < 1.29 is 19.1 Å². The van der Waals surface area contributed by atoms with Crippen molar-refractivity contribution >= 4 is 29.3 Å². The standard InChI is InChI=1S/C39H42N4O4/c1-39(2)26-33-31(19-20-34(46-3)36(33)47-39)35-30-13-7-8-14-32(30)38(45)43(40-35)29-17-15-28(16-18-29)37(44)42-24-22-41(23-25-42)21-9-12-27-10-5-4-6-11-27/h4-12,15-20,30,32H,13-14,21-26H2,1-3H3/t30-,32+/m0/s1. The first-order valence-electron chi connectivity index (χ1n) is 16.6. The lowest BCUT2D eigenvalue weighted by atomic mass is 9.75. The summed E-state index contributed by atoms with van der Waals surface area (Å²) in [6.07, 6.45) is 10.7. The first-order chi connectivity index (χ1) is 22.8. The number of hydrazone groups is 1. The molecule has 47 heavy (non-hydrogen) atoms. The highest BCUT2D eigenvalue weighted by molar-refractivity contribution is 6.12. The molecule has 3 heterocycles. The van der Waals surface area contributed by atoms with Crippen LogP contribution in [0.15, 0.2) is 90.1 Å². The zero-order valence-electron chi connectivity index (χ0n) is 27.4. The molecule has 7 rings (SSSR count). The molecule has 0 bridgehead atoms. The molecule has 0 N–H and O–H groups in total. The lowest BCUT2D eigenvalue weighted by molar-refractivity contribution is -0.123. The van der Waals surface area contributed by atoms with Crippen molar-refractivity contribution in [3.63, 3.8) is 0 Å². The van der Waals surface area contributed by atoms with E-state index in [0.717, 1.165) is 55.1 Å². The number of methoxy groups -OCH3 is 1. The van der Waals surface area contributed by atoms with E-state index in [-0.39, 0.29) is 29.3 Å². The Kier molecular flexibility index (Phi) is 8.45. The van der Waals surface area contributed by atoms with Crippen molar-refractivity contribution in [1.82, 2.24) is 9.80 Å². The van der Waals surface area contributed by atoms with Crippen LogP contribution in [-0.2, 0) is 11.2 Å². The van der Waals surface area contributed by atoms with Crippen LogP contribution in [0.4, 0.5) is 5.69 Å². The maximum Gasteiger partial charge on any atom is 0.253 e. The minimum Gasteiger partial charge on any atom is -0.493 e. The summed E-state index contributed by atoms with van der Waals surface area (Å²) in [6.45, 7) is 8.04. The molecule has 8 heteroatoms. The molecule has 3 aliphatic heterocycles. The van der Waals surface area contributed by atoms with E-state index in [1.54, 1.807) is 12.1 Å². The maximum absolute atomic E-state index is 13.9. The largest absolute Gasteiger partial charge is 0.493 e. The Morgan fingerprint density at radius 2 is 1.68 bits per heavy atom. The van der Waals surface area contributed by atoms with Gasteiger partial charge in [-0.15, -0.1) is 0 Å². The Bertz CT molecular complexity index is 1740. The van der Waals surface area contributed by atoms with Crippen LogP contribution in [0.1, 0.15) is 53.7 Å². The number of rotatable bonds is 7. The highest BCUT2D eigenvalue weighted by atomic mass is 16.5. The van der Waals surface area contributed by atoms with Gasteiger partial charge in [0.15, 0.2) is 11.5 Å². The number of allylic oxidation sites excluding steroid dienone is 2. The molecular formula is C39H42N4O4. The van der Waals surface area contributed by atoms with Crippen molar-refractivity contribution in [3.8, 4) is 11.5 Å².